The summed E-state index contributed by atoms with van der Waals surface area (Å²) in [5.74, 6) is -0.895. The number of fused-ring (bicyclic) bond motifs is 1. The number of hydrogen-bond donors (Lipinski definition) is 2. The molecule has 1 heterocycles. The Morgan fingerprint density at radius 1 is 1.62 bits per heavy atom. The van der Waals surface area contributed by atoms with Crippen LogP contribution >= 0.6 is 12.2 Å². The minimum Gasteiger partial charge on any atom is -0.368 e. The summed E-state index contributed by atoms with van der Waals surface area (Å²) in [6.07, 6.45) is 0. The zero-order valence-electron chi connectivity index (χ0n) is 8.53. The Balaban J connectivity index is 2.77. The third kappa shape index (κ3) is 1.61. The average molecular weight is 239 g/mol. The van der Waals surface area contributed by atoms with Crippen molar-refractivity contribution in [1.29, 1.82) is 0 Å². The van der Waals surface area contributed by atoms with Gasteiger partial charge >= 0.3 is 0 Å². The first-order chi connectivity index (χ1) is 7.50. The van der Waals surface area contributed by atoms with E-state index >= 15 is 0 Å². The first-order valence-corrected chi connectivity index (χ1v) is 5.10. The van der Waals surface area contributed by atoms with Crippen LogP contribution in [0.3, 0.4) is 0 Å². The van der Waals surface area contributed by atoms with Gasteiger partial charge in [0, 0.05) is 0 Å². The quantitative estimate of drug-likeness (QED) is 0.786. The van der Waals surface area contributed by atoms with Crippen LogP contribution in [0.25, 0.3) is 11.0 Å². The van der Waals surface area contributed by atoms with E-state index in [0.717, 1.165) is 0 Å². The molecule has 0 saturated heterocycles. The first kappa shape index (κ1) is 10.8. The van der Waals surface area contributed by atoms with Crippen LogP contribution in [-0.2, 0) is 4.79 Å². The predicted molar refractivity (Wildman–Crippen MR) is 61.0 cm³/mol. The molecule has 1 amide bonds. The van der Waals surface area contributed by atoms with Crippen molar-refractivity contribution in [2.75, 3.05) is 0 Å². The van der Waals surface area contributed by atoms with E-state index in [1.165, 1.54) is 16.7 Å². The predicted octanol–water partition coefficient (Wildman–Crippen LogP) is 1.88. The SMILES string of the molecule is CC(C(N)=O)n1c(=S)[nH]c2ccc(F)cc21. The molecule has 3 N–H and O–H groups in total. The molecular formula is C10H10FN3OS. The van der Waals surface area contributed by atoms with Crippen molar-refractivity contribution in [3.8, 4) is 0 Å². The Bertz CT molecular complexity index is 616. The molecule has 0 spiro atoms. The summed E-state index contributed by atoms with van der Waals surface area (Å²) in [5, 5.41) is 0. The lowest BCUT2D eigenvalue weighted by molar-refractivity contribution is -0.120. The molecule has 0 saturated carbocycles. The van der Waals surface area contributed by atoms with Crippen LogP contribution in [0.1, 0.15) is 13.0 Å². The number of hydrogen-bond acceptors (Lipinski definition) is 2. The largest absolute Gasteiger partial charge is 0.368 e. The number of nitrogens with two attached hydrogens (primary N) is 1. The van der Waals surface area contributed by atoms with Gasteiger partial charge in [-0.3, -0.25) is 4.79 Å². The Kier molecular flexibility index (Phi) is 2.51. The summed E-state index contributed by atoms with van der Waals surface area (Å²) < 4.78 is 15.0. The molecular weight excluding hydrogens is 229 g/mol. The van der Waals surface area contributed by atoms with Gasteiger partial charge in [-0.25, -0.2) is 4.39 Å². The molecule has 1 aromatic heterocycles. The number of H-pyrrole nitrogens is 1. The van der Waals surface area contributed by atoms with Crippen LogP contribution in [-0.4, -0.2) is 15.5 Å². The summed E-state index contributed by atoms with van der Waals surface area (Å²) in [4.78, 5) is 14.0. The lowest BCUT2D eigenvalue weighted by atomic mass is 10.2. The standard InChI is InChI=1S/C10H10FN3OS/c1-5(9(12)15)14-8-4-6(11)2-3-7(8)13-10(14)16/h2-5H,1H3,(H2,12,15)(H,13,16). The first-order valence-electron chi connectivity index (χ1n) is 4.70. The fourth-order valence-electron chi connectivity index (χ4n) is 1.61. The normalized spacial score (nSPS) is 12.9. The average Bonchev–Trinajstić information content (AvgIpc) is 2.52. The Hall–Kier alpha value is -1.69. The van der Waals surface area contributed by atoms with Crippen molar-refractivity contribution in [3.05, 3.63) is 28.8 Å². The van der Waals surface area contributed by atoms with Gasteiger partial charge in [0.25, 0.3) is 0 Å². The third-order valence-electron chi connectivity index (χ3n) is 2.48. The maximum absolute atomic E-state index is 13.1. The lowest BCUT2D eigenvalue weighted by Crippen LogP contribution is -2.23. The summed E-state index contributed by atoms with van der Waals surface area (Å²) in [6.45, 7) is 1.62. The fraction of sp³-hybridized carbons (Fsp3) is 0.200. The van der Waals surface area contributed by atoms with E-state index < -0.39 is 11.9 Å². The van der Waals surface area contributed by atoms with Crippen molar-refractivity contribution in [3.63, 3.8) is 0 Å². The molecule has 84 valence electrons. The minimum absolute atomic E-state index is 0.354. The Morgan fingerprint density at radius 2 is 2.31 bits per heavy atom. The van der Waals surface area contributed by atoms with Crippen LogP contribution < -0.4 is 5.73 Å². The van der Waals surface area contributed by atoms with Gasteiger partial charge in [0.15, 0.2) is 4.77 Å². The van der Waals surface area contributed by atoms with E-state index in [-0.39, 0.29) is 5.82 Å². The second kappa shape index (κ2) is 3.71. The number of nitrogens with zero attached hydrogens (tertiary/aromatic N) is 1. The van der Waals surface area contributed by atoms with E-state index in [1.807, 2.05) is 0 Å². The minimum atomic E-state index is -0.608. The number of aromatic amines is 1. The molecule has 0 aliphatic heterocycles. The highest BCUT2D eigenvalue weighted by atomic mass is 32.1. The van der Waals surface area contributed by atoms with E-state index in [9.17, 15) is 9.18 Å². The van der Waals surface area contributed by atoms with Crippen LogP contribution in [0.5, 0.6) is 0 Å². The molecule has 0 bridgehead atoms. The van der Waals surface area contributed by atoms with Gasteiger partial charge < -0.3 is 15.3 Å². The van der Waals surface area contributed by atoms with Gasteiger partial charge in [0.05, 0.1) is 11.0 Å². The number of rotatable bonds is 2. The molecule has 6 heteroatoms. The van der Waals surface area contributed by atoms with Crippen molar-refractivity contribution in [2.45, 2.75) is 13.0 Å². The molecule has 0 radical (unpaired) electrons. The molecule has 0 aliphatic rings. The van der Waals surface area contributed by atoms with Crippen molar-refractivity contribution in [1.82, 2.24) is 9.55 Å². The van der Waals surface area contributed by atoms with E-state index in [1.54, 1.807) is 13.0 Å². The number of aromatic nitrogens is 2. The molecule has 1 atom stereocenters. The molecule has 0 aliphatic carbocycles. The maximum Gasteiger partial charge on any atom is 0.240 e. The number of carbonyl (C=O) groups excluding carboxylic acids is 1. The Morgan fingerprint density at radius 3 is 2.94 bits per heavy atom. The second-order valence-corrected chi connectivity index (χ2v) is 3.93. The van der Waals surface area contributed by atoms with Gasteiger partial charge in [-0.2, -0.15) is 0 Å². The van der Waals surface area contributed by atoms with Gasteiger partial charge in [0.1, 0.15) is 11.9 Å². The van der Waals surface area contributed by atoms with Crippen molar-refractivity contribution < 1.29 is 9.18 Å². The summed E-state index contributed by atoms with van der Waals surface area (Å²) >= 11 is 5.07. The monoisotopic (exact) mass is 239 g/mol. The van der Waals surface area contributed by atoms with Gasteiger partial charge in [-0.15, -0.1) is 0 Å². The van der Waals surface area contributed by atoms with Crippen LogP contribution in [0.15, 0.2) is 18.2 Å². The molecule has 1 unspecified atom stereocenters. The summed E-state index contributed by atoms with van der Waals surface area (Å²) in [6, 6.07) is 3.61. The van der Waals surface area contributed by atoms with Crippen LogP contribution in [0, 0.1) is 10.6 Å². The van der Waals surface area contributed by atoms with Gasteiger partial charge in [-0.1, -0.05) is 0 Å². The number of nitrogens with one attached hydrogen (secondary N) is 1. The number of amides is 1. The molecule has 2 aromatic rings. The number of imidazole rings is 1. The van der Waals surface area contributed by atoms with Crippen LogP contribution in [0.2, 0.25) is 0 Å². The van der Waals surface area contributed by atoms with Gasteiger partial charge in [0.2, 0.25) is 5.91 Å². The third-order valence-corrected chi connectivity index (χ3v) is 2.78. The van der Waals surface area contributed by atoms with Crippen molar-refractivity contribution in [2.24, 2.45) is 5.73 Å². The van der Waals surface area contributed by atoms with Crippen molar-refractivity contribution >= 4 is 29.2 Å². The summed E-state index contributed by atoms with van der Waals surface area (Å²) in [7, 11) is 0. The molecule has 1 aromatic carbocycles. The highest BCUT2D eigenvalue weighted by Crippen LogP contribution is 2.19. The number of carbonyl (C=O) groups is 1. The van der Waals surface area contributed by atoms with E-state index in [2.05, 4.69) is 4.98 Å². The van der Waals surface area contributed by atoms with E-state index in [4.69, 9.17) is 18.0 Å². The smallest absolute Gasteiger partial charge is 0.240 e. The topological polar surface area (TPSA) is 63.8 Å². The second-order valence-electron chi connectivity index (χ2n) is 3.54. The molecule has 2 rings (SSSR count). The maximum atomic E-state index is 13.1. The highest BCUT2D eigenvalue weighted by Gasteiger charge is 2.15. The zero-order chi connectivity index (χ0) is 11.9. The number of benzene rings is 1. The molecule has 4 nitrogen and oxygen atoms in total. The molecule has 0 fully saturated rings. The number of halogens is 1. The fourth-order valence-corrected chi connectivity index (χ4v) is 1.97. The van der Waals surface area contributed by atoms with E-state index in [0.29, 0.717) is 15.8 Å². The Labute approximate surface area is 95.9 Å². The zero-order valence-corrected chi connectivity index (χ0v) is 9.34. The summed E-state index contributed by atoms with van der Waals surface area (Å²) in [5.41, 5.74) is 6.43. The van der Waals surface area contributed by atoms with Crippen LogP contribution in [0.4, 0.5) is 4.39 Å². The highest BCUT2D eigenvalue weighted by molar-refractivity contribution is 7.71. The lowest BCUT2D eigenvalue weighted by Gasteiger charge is -2.10. The number of primary amides is 1. The van der Waals surface area contributed by atoms with Gasteiger partial charge in [-0.05, 0) is 37.3 Å². The molecule has 16 heavy (non-hydrogen) atoms.